The summed E-state index contributed by atoms with van der Waals surface area (Å²) in [5, 5.41) is 4.42. The number of nitrogens with two attached hydrogens (primary N) is 1. The lowest BCUT2D eigenvalue weighted by Crippen LogP contribution is -2.36. The Labute approximate surface area is 214 Å². The number of anilines is 2. The van der Waals surface area contributed by atoms with Crippen LogP contribution in [-0.4, -0.2) is 50.1 Å². The number of hydrogen-bond donors (Lipinski definition) is 2. The van der Waals surface area contributed by atoms with Crippen LogP contribution in [0.4, 0.5) is 15.8 Å². The highest BCUT2D eigenvalue weighted by molar-refractivity contribution is 6.11. The predicted octanol–water partition coefficient (Wildman–Crippen LogP) is 4.51. The molecule has 0 aromatic heterocycles. The first-order valence-electron chi connectivity index (χ1n) is 12.2. The maximum atomic E-state index is 14.4. The second-order valence-electron chi connectivity index (χ2n) is 8.88. The van der Waals surface area contributed by atoms with Crippen LogP contribution in [-0.2, 0) is 4.74 Å². The van der Waals surface area contributed by atoms with Gasteiger partial charge in [0.1, 0.15) is 11.6 Å². The normalized spacial score (nSPS) is 16.5. The SMILES string of the molecule is C=C/C(=N\C(N)=NC1CC1)Oc1ccc(NC(=O)c2cc(F)cc(N3CCOCC3)c2)c2ccccc12. The van der Waals surface area contributed by atoms with Crippen molar-refractivity contribution in [3.05, 3.63) is 78.6 Å². The number of fused-ring (bicyclic) bond motifs is 1. The van der Waals surface area contributed by atoms with E-state index in [4.69, 9.17) is 15.2 Å². The number of hydrogen-bond acceptors (Lipinski definition) is 5. The summed E-state index contributed by atoms with van der Waals surface area (Å²) in [4.78, 5) is 23.7. The Bertz CT molecular complexity index is 1390. The van der Waals surface area contributed by atoms with Crippen LogP contribution in [0, 0.1) is 5.82 Å². The number of morpholine rings is 1. The molecule has 2 aliphatic rings. The zero-order valence-corrected chi connectivity index (χ0v) is 20.3. The van der Waals surface area contributed by atoms with Crippen molar-refractivity contribution < 1.29 is 18.7 Å². The van der Waals surface area contributed by atoms with Crippen LogP contribution >= 0.6 is 0 Å². The lowest BCUT2D eigenvalue weighted by atomic mass is 10.1. The van der Waals surface area contributed by atoms with Crippen LogP contribution in [0.5, 0.6) is 5.75 Å². The van der Waals surface area contributed by atoms with Gasteiger partial charge in [0, 0.05) is 40.8 Å². The van der Waals surface area contributed by atoms with E-state index in [0.717, 1.165) is 23.6 Å². The Morgan fingerprint density at radius 1 is 1.14 bits per heavy atom. The number of carbonyl (C=O) groups is 1. The fourth-order valence-electron chi connectivity index (χ4n) is 4.13. The maximum absolute atomic E-state index is 14.4. The summed E-state index contributed by atoms with van der Waals surface area (Å²) in [6.45, 7) is 6.18. The van der Waals surface area contributed by atoms with E-state index >= 15 is 0 Å². The molecule has 3 aromatic rings. The molecular weight excluding hydrogens is 473 g/mol. The average Bonchev–Trinajstić information content (AvgIpc) is 3.73. The molecule has 3 N–H and O–H groups in total. The Balaban J connectivity index is 1.40. The largest absolute Gasteiger partial charge is 0.438 e. The summed E-state index contributed by atoms with van der Waals surface area (Å²) in [6, 6.07) is 15.6. The monoisotopic (exact) mass is 501 g/mol. The van der Waals surface area contributed by atoms with Gasteiger partial charge in [-0.15, -0.1) is 0 Å². The molecule has 1 aliphatic heterocycles. The van der Waals surface area contributed by atoms with Crippen LogP contribution in [0.25, 0.3) is 10.8 Å². The summed E-state index contributed by atoms with van der Waals surface area (Å²) >= 11 is 0. The van der Waals surface area contributed by atoms with Crippen LogP contribution in [0.1, 0.15) is 23.2 Å². The highest BCUT2D eigenvalue weighted by Gasteiger charge is 2.21. The minimum absolute atomic E-state index is 0.150. The van der Waals surface area contributed by atoms with Crippen LogP contribution < -0.4 is 20.7 Å². The van der Waals surface area contributed by atoms with Gasteiger partial charge in [0.25, 0.3) is 5.91 Å². The molecule has 9 heteroatoms. The number of amides is 1. The molecule has 1 saturated heterocycles. The van der Waals surface area contributed by atoms with Gasteiger partial charge in [-0.2, -0.15) is 4.99 Å². The van der Waals surface area contributed by atoms with E-state index in [0.29, 0.717) is 43.4 Å². The van der Waals surface area contributed by atoms with Gasteiger partial charge in [0.2, 0.25) is 11.9 Å². The zero-order chi connectivity index (χ0) is 25.8. The maximum Gasteiger partial charge on any atom is 0.255 e. The second-order valence-corrected chi connectivity index (χ2v) is 8.88. The minimum atomic E-state index is -0.469. The molecule has 0 radical (unpaired) electrons. The van der Waals surface area contributed by atoms with Crippen molar-refractivity contribution >= 4 is 39.9 Å². The van der Waals surface area contributed by atoms with E-state index in [-0.39, 0.29) is 23.5 Å². The van der Waals surface area contributed by atoms with Crippen molar-refractivity contribution in [1.29, 1.82) is 0 Å². The molecule has 190 valence electrons. The van der Waals surface area contributed by atoms with Crippen LogP contribution in [0.3, 0.4) is 0 Å². The van der Waals surface area contributed by atoms with Gasteiger partial charge in [-0.3, -0.25) is 4.79 Å². The highest BCUT2D eigenvalue weighted by Crippen LogP contribution is 2.32. The summed E-state index contributed by atoms with van der Waals surface area (Å²) in [5.41, 5.74) is 7.37. The van der Waals surface area contributed by atoms with E-state index in [1.54, 1.807) is 18.2 Å². The molecule has 5 rings (SSSR count). The van der Waals surface area contributed by atoms with Crippen molar-refractivity contribution in [3.63, 3.8) is 0 Å². The van der Waals surface area contributed by atoms with E-state index in [9.17, 15) is 9.18 Å². The number of aliphatic imine (C=N–C) groups is 2. The smallest absolute Gasteiger partial charge is 0.255 e. The predicted molar refractivity (Wildman–Crippen MR) is 144 cm³/mol. The Hall–Kier alpha value is -4.24. The number of nitrogens with one attached hydrogen (secondary N) is 1. The van der Waals surface area contributed by atoms with Crippen molar-refractivity contribution in [1.82, 2.24) is 0 Å². The number of nitrogens with zero attached hydrogens (tertiary/aromatic N) is 3. The van der Waals surface area contributed by atoms with Crippen molar-refractivity contribution in [2.75, 3.05) is 36.5 Å². The zero-order valence-electron chi connectivity index (χ0n) is 20.3. The van der Waals surface area contributed by atoms with Crippen LogP contribution in [0.15, 0.2) is 77.2 Å². The third-order valence-electron chi connectivity index (χ3n) is 6.13. The molecule has 1 amide bonds. The number of carbonyl (C=O) groups excluding carboxylic acids is 1. The topological polar surface area (TPSA) is 102 Å². The summed E-state index contributed by atoms with van der Waals surface area (Å²) < 4.78 is 25.8. The van der Waals surface area contributed by atoms with E-state index in [1.807, 2.05) is 29.2 Å². The van der Waals surface area contributed by atoms with Gasteiger partial charge < -0.3 is 25.4 Å². The standard InChI is InChI=1S/C28H28FN5O3/c1-2-26(33-28(30)31-20-7-8-20)37-25-10-9-24(22-5-3-4-6-23(22)25)32-27(35)18-15-19(29)17-21(16-18)34-11-13-36-14-12-34/h2-6,9-10,15-17,20H,1,7-8,11-14H2,(H2,30,31)(H,32,35)/b33-26+. The number of halogens is 1. The fraction of sp³-hybridized carbons (Fsp3) is 0.250. The number of rotatable bonds is 6. The summed E-state index contributed by atoms with van der Waals surface area (Å²) in [6.07, 6.45) is 3.50. The summed E-state index contributed by atoms with van der Waals surface area (Å²) in [7, 11) is 0. The van der Waals surface area contributed by atoms with E-state index < -0.39 is 11.7 Å². The third-order valence-corrected chi connectivity index (χ3v) is 6.13. The highest BCUT2D eigenvalue weighted by atomic mass is 19.1. The first-order chi connectivity index (χ1) is 18.0. The van der Waals surface area contributed by atoms with Gasteiger partial charge >= 0.3 is 0 Å². The van der Waals surface area contributed by atoms with Gasteiger partial charge in [0.15, 0.2) is 0 Å². The van der Waals surface area contributed by atoms with Crippen molar-refractivity contribution in [2.24, 2.45) is 15.7 Å². The van der Waals surface area contributed by atoms with Crippen molar-refractivity contribution in [3.8, 4) is 5.75 Å². The van der Waals surface area contributed by atoms with Crippen LogP contribution in [0.2, 0.25) is 0 Å². The quantitative estimate of drug-likeness (QED) is 0.382. The molecule has 2 fully saturated rings. The molecule has 0 spiro atoms. The molecule has 1 heterocycles. The van der Waals surface area contributed by atoms with Crippen molar-refractivity contribution in [2.45, 2.75) is 18.9 Å². The molecule has 0 bridgehead atoms. The average molecular weight is 502 g/mol. The molecular formula is C28H28FN5O3. The molecule has 3 aromatic carbocycles. The first kappa shape index (κ1) is 24.5. The fourth-order valence-corrected chi connectivity index (χ4v) is 4.13. The lowest BCUT2D eigenvalue weighted by Gasteiger charge is -2.29. The Morgan fingerprint density at radius 2 is 1.89 bits per heavy atom. The first-order valence-corrected chi connectivity index (χ1v) is 12.2. The molecule has 1 aliphatic carbocycles. The van der Waals surface area contributed by atoms with E-state index in [1.165, 1.54) is 18.2 Å². The third kappa shape index (κ3) is 5.95. The lowest BCUT2D eigenvalue weighted by molar-refractivity contribution is 0.102. The summed E-state index contributed by atoms with van der Waals surface area (Å²) in [5.74, 6) is 0.0110. The number of benzene rings is 3. The Morgan fingerprint density at radius 3 is 2.62 bits per heavy atom. The molecule has 37 heavy (non-hydrogen) atoms. The molecule has 0 atom stereocenters. The van der Waals surface area contributed by atoms with Gasteiger partial charge in [-0.05, 0) is 49.2 Å². The van der Waals surface area contributed by atoms with Gasteiger partial charge in [-0.25, -0.2) is 9.38 Å². The molecule has 0 unspecified atom stereocenters. The second kappa shape index (κ2) is 10.8. The number of guanidine groups is 1. The molecule has 1 saturated carbocycles. The number of ether oxygens (including phenoxy) is 2. The van der Waals surface area contributed by atoms with Gasteiger partial charge in [0.05, 0.1) is 19.3 Å². The Kier molecular flexibility index (Phi) is 7.14. The minimum Gasteiger partial charge on any atom is -0.438 e. The molecule has 8 nitrogen and oxygen atoms in total. The van der Waals surface area contributed by atoms with Gasteiger partial charge in [-0.1, -0.05) is 30.8 Å². The van der Waals surface area contributed by atoms with E-state index in [2.05, 4.69) is 21.9 Å².